The average molecular weight is 880 g/mol. The topological polar surface area (TPSA) is 215 Å². The van der Waals surface area contributed by atoms with E-state index in [1.807, 2.05) is 0 Å². The Labute approximate surface area is 355 Å². The smallest absolute Gasteiger partial charge is 0.342 e. The number of allylic oxidation sites excluding steroid dienone is 1. The Balaban J connectivity index is 0.00000172. The molecule has 3 heterocycles. The molecule has 5 rings (SSSR count). The van der Waals surface area contributed by atoms with Gasteiger partial charge in [-0.15, -0.1) is 0 Å². The molecule has 1 aromatic heterocycles. The van der Waals surface area contributed by atoms with E-state index in [-0.39, 0.29) is 89.8 Å². The normalized spacial score (nSPS) is 29.0. The number of carbonyl (C=O) groups excluding carboxylic acids is 3. The van der Waals surface area contributed by atoms with E-state index in [9.17, 15) is 27.9 Å². The van der Waals surface area contributed by atoms with Crippen molar-refractivity contribution in [3.8, 4) is 0 Å². The number of aliphatic hydroxyl groups excluding tert-OH is 1. The first-order valence-electron chi connectivity index (χ1n) is 19.8. The Kier molecular flexibility index (Phi) is 16.8. The number of aliphatic imine (C=N–C) groups is 2. The average Bonchev–Trinajstić information content (AvgIpc) is 3.73. The van der Waals surface area contributed by atoms with Gasteiger partial charge in [-0.3, -0.25) is 9.59 Å². The Morgan fingerprint density at radius 2 is 1.41 bits per heavy atom. The SMILES string of the molecule is CC(=O)O.CC1=C(C(=O)OC2C(C)CC(C)CC2C)C(N=C(O)C(C)NS(C)(=O)=O)=N/C1=C\c1[n-]c(N2CCCC2=O)c(C(=O)OC2C(C)CC(C)CC2C)c1C.[Zn]. The molecule has 0 spiro atoms. The van der Waals surface area contributed by atoms with E-state index in [2.05, 4.69) is 56.2 Å². The molecule has 2 aliphatic carbocycles. The van der Waals surface area contributed by atoms with E-state index in [0.717, 1.165) is 38.9 Å². The predicted octanol–water partition coefficient (Wildman–Crippen LogP) is 5.97. The molecule has 58 heavy (non-hydrogen) atoms. The molecule has 2 aliphatic heterocycles. The van der Waals surface area contributed by atoms with Crippen LogP contribution in [-0.2, 0) is 53.4 Å². The molecule has 318 valence electrons. The van der Waals surface area contributed by atoms with E-state index >= 15 is 0 Å². The maximum absolute atomic E-state index is 14.0. The maximum atomic E-state index is 14.0. The standard InChI is InChI=1S/C39H57N5O8S.C2H4O2.Zn/c1-19-14-21(3)33(22(4)15-19)51-38(47)31-25(7)28(40-35(31)42-37(46)27(9)43-53(10,49)50)18-29-26(8)32(36(41-29)44-13-11-12-30(44)45)39(48)52-34-23(5)16-20(2)17-24(34)6;1-2(3)4;/h18-24,27,33-34,43H,11-17H2,1-10H3,(H2,40,41,42,46,47,48);1H3,(H,3,4);/p-1. The minimum Gasteiger partial charge on any atom is -0.495 e. The van der Waals surface area contributed by atoms with Gasteiger partial charge in [0.05, 0.1) is 23.6 Å². The fourth-order valence-corrected chi connectivity index (χ4v) is 9.69. The number of hydrogen-bond acceptors (Lipinski definition) is 10. The van der Waals surface area contributed by atoms with Crippen LogP contribution in [0.5, 0.6) is 0 Å². The largest absolute Gasteiger partial charge is 0.495 e. The zero-order valence-electron chi connectivity index (χ0n) is 35.8. The first-order valence-corrected chi connectivity index (χ1v) is 21.7. The van der Waals surface area contributed by atoms with Gasteiger partial charge < -0.3 is 29.6 Å². The van der Waals surface area contributed by atoms with E-state index in [4.69, 9.17) is 24.4 Å². The second-order valence-electron chi connectivity index (χ2n) is 16.8. The molecule has 0 radical (unpaired) electrons. The van der Waals surface area contributed by atoms with Crippen LogP contribution in [0.3, 0.4) is 0 Å². The number of hydrogen-bond donors (Lipinski definition) is 3. The van der Waals surface area contributed by atoms with Crippen molar-refractivity contribution < 1.29 is 66.8 Å². The third-order valence-electron chi connectivity index (χ3n) is 11.3. The number of aromatic nitrogens is 1. The van der Waals surface area contributed by atoms with Crippen LogP contribution >= 0.6 is 0 Å². The van der Waals surface area contributed by atoms with Gasteiger partial charge in [-0.05, 0) is 124 Å². The molecular weight excluding hydrogens is 820 g/mol. The Morgan fingerprint density at radius 1 is 0.931 bits per heavy atom. The molecule has 5 atom stereocenters. The fourth-order valence-electron chi connectivity index (χ4n) is 8.94. The van der Waals surface area contributed by atoms with Crippen LogP contribution in [0, 0.1) is 42.4 Å². The predicted molar refractivity (Wildman–Crippen MR) is 218 cm³/mol. The van der Waals surface area contributed by atoms with Crippen LogP contribution < -0.4 is 14.6 Å². The molecule has 1 saturated heterocycles. The summed E-state index contributed by atoms with van der Waals surface area (Å²) in [5.41, 5.74) is 1.80. The number of sulfonamides is 1. The van der Waals surface area contributed by atoms with E-state index in [1.165, 1.54) is 11.8 Å². The van der Waals surface area contributed by atoms with Crippen molar-refractivity contribution in [2.75, 3.05) is 17.7 Å². The molecule has 15 nitrogen and oxygen atoms in total. The summed E-state index contributed by atoms with van der Waals surface area (Å²) in [4.78, 5) is 65.2. The van der Waals surface area contributed by atoms with Gasteiger partial charge in [0.25, 0.3) is 5.97 Å². The number of esters is 2. The number of aliphatic hydroxyl groups is 1. The fraction of sp³-hybridized carbons (Fsp3) is 0.659. The van der Waals surface area contributed by atoms with Crippen LogP contribution in [0.4, 0.5) is 5.82 Å². The first kappa shape index (κ1) is 48.7. The number of rotatable bonds is 9. The molecule has 0 bridgehead atoms. The molecule has 17 heteroatoms. The second-order valence-corrected chi connectivity index (χ2v) is 18.6. The summed E-state index contributed by atoms with van der Waals surface area (Å²) >= 11 is 0. The summed E-state index contributed by atoms with van der Waals surface area (Å²) in [5, 5.41) is 18.3. The van der Waals surface area contributed by atoms with Crippen LogP contribution in [-0.4, -0.2) is 85.2 Å². The van der Waals surface area contributed by atoms with Gasteiger partial charge >= 0.3 is 11.9 Å². The molecule has 2 saturated carbocycles. The minimum absolute atomic E-state index is 0. The zero-order chi connectivity index (χ0) is 42.7. The van der Waals surface area contributed by atoms with E-state index in [0.29, 0.717) is 48.1 Å². The monoisotopic (exact) mass is 878 g/mol. The number of aliphatic carboxylic acids is 1. The van der Waals surface area contributed by atoms with Gasteiger partial charge in [0.15, 0.2) is 5.84 Å². The van der Waals surface area contributed by atoms with Crippen molar-refractivity contribution >= 4 is 57.5 Å². The minimum atomic E-state index is -3.69. The van der Waals surface area contributed by atoms with Crippen molar-refractivity contribution in [3.05, 3.63) is 33.7 Å². The van der Waals surface area contributed by atoms with Crippen LogP contribution in [0.1, 0.15) is 122 Å². The Hall–Kier alpha value is -3.69. The number of amides is 1. The number of nitrogens with zero attached hydrogens (tertiary/aromatic N) is 4. The number of carbonyl (C=O) groups is 4. The summed E-state index contributed by atoms with van der Waals surface area (Å²) in [5.74, 6) is -1.03. The maximum Gasteiger partial charge on any atom is 0.342 e. The van der Waals surface area contributed by atoms with Gasteiger partial charge in [0.1, 0.15) is 23.7 Å². The zero-order valence-corrected chi connectivity index (χ0v) is 39.6. The van der Waals surface area contributed by atoms with Crippen molar-refractivity contribution in [2.24, 2.45) is 45.5 Å². The van der Waals surface area contributed by atoms with Gasteiger partial charge in [0, 0.05) is 32.8 Å². The van der Waals surface area contributed by atoms with Crippen LogP contribution in [0.2, 0.25) is 0 Å². The number of anilines is 1. The van der Waals surface area contributed by atoms with Gasteiger partial charge in [-0.2, -0.15) is 4.99 Å². The Morgan fingerprint density at radius 3 is 1.86 bits per heavy atom. The number of carboxylic acid groups (broad SMARTS) is 1. The van der Waals surface area contributed by atoms with E-state index in [1.54, 1.807) is 19.9 Å². The number of carboxylic acids is 1. The molecule has 0 aromatic carbocycles. The van der Waals surface area contributed by atoms with Gasteiger partial charge in [0.2, 0.25) is 15.9 Å². The van der Waals surface area contributed by atoms with Crippen LogP contribution in [0.25, 0.3) is 6.08 Å². The molecule has 1 amide bonds. The third-order valence-corrected chi connectivity index (χ3v) is 12.0. The van der Waals surface area contributed by atoms with E-state index < -0.39 is 39.9 Å². The third kappa shape index (κ3) is 12.0. The molecular formula is C41H60N5O10SZn-. The molecule has 4 aliphatic rings. The first-order chi connectivity index (χ1) is 26.5. The van der Waals surface area contributed by atoms with Crippen molar-refractivity contribution in [1.82, 2.24) is 9.71 Å². The quantitative estimate of drug-likeness (QED) is 0.114. The molecule has 3 fully saturated rings. The molecule has 1 aromatic rings. The van der Waals surface area contributed by atoms with Crippen LogP contribution in [0.15, 0.2) is 26.8 Å². The summed E-state index contributed by atoms with van der Waals surface area (Å²) < 4.78 is 38.4. The number of amidine groups is 1. The summed E-state index contributed by atoms with van der Waals surface area (Å²) in [7, 11) is -3.69. The molecule has 3 N–H and O–H groups in total. The molecule has 5 unspecified atom stereocenters. The summed E-state index contributed by atoms with van der Waals surface area (Å²) in [6.45, 7) is 19.1. The van der Waals surface area contributed by atoms with Crippen molar-refractivity contribution in [3.63, 3.8) is 0 Å². The summed E-state index contributed by atoms with van der Waals surface area (Å²) in [6, 6.07) is -1.11. The summed E-state index contributed by atoms with van der Waals surface area (Å²) in [6.07, 6.45) is 6.66. The number of nitrogens with one attached hydrogen (secondary N) is 1. The second kappa shape index (κ2) is 20.0. The Bertz CT molecular complexity index is 1940. The van der Waals surface area contributed by atoms with Gasteiger partial charge in [-0.25, -0.2) is 27.7 Å². The van der Waals surface area contributed by atoms with Crippen molar-refractivity contribution in [2.45, 2.75) is 126 Å². The number of ether oxygens (including phenoxy) is 2. The van der Waals surface area contributed by atoms with Crippen molar-refractivity contribution in [1.29, 1.82) is 0 Å². The van der Waals surface area contributed by atoms with Gasteiger partial charge in [-0.1, -0.05) is 41.5 Å².